The van der Waals surface area contributed by atoms with Crippen LogP contribution in [-0.2, 0) is 10.3 Å². The van der Waals surface area contributed by atoms with E-state index in [0.29, 0.717) is 35.0 Å². The lowest BCUT2D eigenvalue weighted by atomic mass is 10.0. The van der Waals surface area contributed by atoms with Crippen LogP contribution in [0.5, 0.6) is 0 Å². The minimum absolute atomic E-state index is 0.0264. The smallest absolute Gasteiger partial charge is 0.250 e. The molecule has 1 saturated carbocycles. The predicted molar refractivity (Wildman–Crippen MR) is 97.2 cm³/mol. The number of hydrogen-bond acceptors (Lipinski definition) is 5. The summed E-state index contributed by atoms with van der Waals surface area (Å²) in [5.74, 6) is -0.0428. The Bertz CT molecular complexity index is 1350. The van der Waals surface area contributed by atoms with E-state index in [0.717, 1.165) is 23.6 Å². The van der Waals surface area contributed by atoms with Crippen LogP contribution in [-0.4, -0.2) is 43.6 Å². The Kier molecular flexibility index (Phi) is 2.51. The maximum atomic E-state index is 13.0. The number of rotatable bonds is 2. The standard InChI is InChI=1S/C19H14N6O2/c20-5-10-7-24(8-10)18(27)19(2-3-19)25-9-13-15(23-25)11-1-4-21-17-14(11)12(6-22-17)16(13)26/h1,4,6,9-10,23H,2-3,7-8H2. The van der Waals surface area contributed by atoms with E-state index in [9.17, 15) is 9.59 Å². The molecule has 1 amide bonds. The monoisotopic (exact) mass is 358 g/mol. The second kappa shape index (κ2) is 4.62. The van der Waals surface area contributed by atoms with Gasteiger partial charge in [0.2, 0.25) is 0 Å². The number of aromatic amines is 1. The van der Waals surface area contributed by atoms with Crippen molar-refractivity contribution >= 4 is 38.6 Å². The first kappa shape index (κ1) is 14.7. The number of fused-ring (bicyclic) bond motifs is 2. The lowest BCUT2D eigenvalue weighted by Gasteiger charge is -2.38. The lowest BCUT2D eigenvalue weighted by molar-refractivity contribution is -0.141. The molecule has 1 aliphatic heterocycles. The number of pyridine rings is 1. The molecule has 4 aromatic rings. The second-order valence-electron chi connectivity index (χ2n) is 7.53. The predicted octanol–water partition coefficient (Wildman–Crippen LogP) is 1.33. The van der Waals surface area contributed by atoms with Crippen molar-refractivity contribution in [3.63, 3.8) is 0 Å². The van der Waals surface area contributed by atoms with Gasteiger partial charge in [-0.25, -0.2) is 9.97 Å². The largest absolute Gasteiger partial charge is 0.338 e. The number of carbonyl (C=O) groups excluding carboxylic acids is 1. The molecule has 1 aliphatic carbocycles. The quantitative estimate of drug-likeness (QED) is 0.582. The van der Waals surface area contributed by atoms with Crippen LogP contribution in [0.3, 0.4) is 0 Å². The summed E-state index contributed by atoms with van der Waals surface area (Å²) in [7, 11) is 0. The van der Waals surface area contributed by atoms with Gasteiger partial charge in [0.1, 0.15) is 5.54 Å². The topological polar surface area (TPSA) is 108 Å². The highest BCUT2D eigenvalue weighted by atomic mass is 16.2. The summed E-state index contributed by atoms with van der Waals surface area (Å²) >= 11 is 0. The fourth-order valence-electron chi connectivity index (χ4n) is 4.24. The van der Waals surface area contributed by atoms with Gasteiger partial charge in [-0.2, -0.15) is 5.26 Å². The molecule has 1 aromatic carbocycles. The molecule has 0 atom stereocenters. The summed E-state index contributed by atoms with van der Waals surface area (Å²) in [6.07, 6.45) is 6.46. The number of hydrogen-bond donors (Lipinski definition) is 1. The number of benzene rings is 1. The van der Waals surface area contributed by atoms with Gasteiger partial charge in [-0.15, -0.1) is 0 Å². The molecule has 1 saturated heterocycles. The Morgan fingerprint density at radius 2 is 2.07 bits per heavy atom. The van der Waals surface area contributed by atoms with Gasteiger partial charge in [-0.3, -0.25) is 19.4 Å². The summed E-state index contributed by atoms with van der Waals surface area (Å²) in [5.41, 5.74) is 0.514. The Morgan fingerprint density at radius 1 is 1.26 bits per heavy atom. The minimum atomic E-state index is -0.660. The number of carbonyl (C=O) groups is 1. The van der Waals surface area contributed by atoms with Gasteiger partial charge >= 0.3 is 0 Å². The number of aromatic nitrogens is 4. The van der Waals surface area contributed by atoms with Crippen molar-refractivity contribution in [2.45, 2.75) is 18.4 Å². The molecule has 1 N–H and O–H groups in total. The molecule has 132 valence electrons. The van der Waals surface area contributed by atoms with Gasteiger partial charge in [-0.05, 0) is 18.9 Å². The number of H-pyrrole nitrogens is 1. The first-order valence-electron chi connectivity index (χ1n) is 8.92. The van der Waals surface area contributed by atoms with Crippen LogP contribution in [0.4, 0.5) is 0 Å². The maximum Gasteiger partial charge on any atom is 0.250 e. The number of nitrogens with zero attached hydrogens (tertiary/aromatic N) is 5. The summed E-state index contributed by atoms with van der Waals surface area (Å²) in [6, 6.07) is 4.07. The molecule has 8 heteroatoms. The molecule has 8 nitrogen and oxygen atoms in total. The molecule has 0 spiro atoms. The Hall–Kier alpha value is -3.47. The van der Waals surface area contributed by atoms with Crippen LogP contribution in [0, 0.1) is 17.2 Å². The van der Waals surface area contributed by atoms with Crippen molar-refractivity contribution in [2.75, 3.05) is 13.1 Å². The summed E-state index contributed by atoms with van der Waals surface area (Å²) in [4.78, 5) is 36.1. The highest BCUT2D eigenvalue weighted by Crippen LogP contribution is 2.46. The van der Waals surface area contributed by atoms with E-state index in [4.69, 9.17) is 5.26 Å². The van der Waals surface area contributed by atoms with Crippen molar-refractivity contribution in [3.8, 4) is 6.07 Å². The number of amides is 1. The van der Waals surface area contributed by atoms with Crippen LogP contribution in [0.15, 0.2) is 29.5 Å². The van der Waals surface area contributed by atoms with E-state index < -0.39 is 5.54 Å². The zero-order valence-corrected chi connectivity index (χ0v) is 14.3. The van der Waals surface area contributed by atoms with E-state index >= 15 is 0 Å². The number of nitrogens with one attached hydrogen (secondary N) is 1. The molecule has 2 fully saturated rings. The maximum absolute atomic E-state index is 13.0. The first-order chi connectivity index (χ1) is 13.1. The third-order valence-electron chi connectivity index (χ3n) is 5.97. The Morgan fingerprint density at radius 3 is 2.81 bits per heavy atom. The van der Waals surface area contributed by atoms with E-state index in [1.807, 2.05) is 6.07 Å². The SMILES string of the molecule is N#CC1CN(C(=O)C2(n3cc4c(=O)c5cnc6nccc(c4[nH]3)c65)CC2)C1. The van der Waals surface area contributed by atoms with Crippen molar-refractivity contribution in [1.82, 2.24) is 24.6 Å². The zero-order chi connectivity index (χ0) is 18.3. The molecule has 0 unspecified atom stereocenters. The van der Waals surface area contributed by atoms with Crippen LogP contribution < -0.4 is 5.43 Å². The van der Waals surface area contributed by atoms with Crippen LogP contribution in [0.25, 0.3) is 32.7 Å². The van der Waals surface area contributed by atoms with Gasteiger partial charge in [0, 0.05) is 42.5 Å². The van der Waals surface area contributed by atoms with Gasteiger partial charge in [0.25, 0.3) is 5.91 Å². The summed E-state index contributed by atoms with van der Waals surface area (Å²) < 4.78 is 1.79. The average Bonchev–Trinajstić information content (AvgIpc) is 3.13. The van der Waals surface area contributed by atoms with Gasteiger partial charge in [0.05, 0.1) is 28.3 Å². The lowest BCUT2D eigenvalue weighted by Crippen LogP contribution is -2.54. The fourth-order valence-corrected chi connectivity index (χ4v) is 4.24. The molecule has 4 heterocycles. The molecule has 3 aromatic heterocycles. The van der Waals surface area contributed by atoms with E-state index in [2.05, 4.69) is 21.1 Å². The molecule has 6 rings (SSSR count). The van der Waals surface area contributed by atoms with Crippen molar-refractivity contribution < 1.29 is 4.79 Å². The first-order valence-corrected chi connectivity index (χ1v) is 8.92. The zero-order valence-electron chi connectivity index (χ0n) is 14.3. The van der Waals surface area contributed by atoms with E-state index in [-0.39, 0.29) is 17.3 Å². The third kappa shape index (κ3) is 1.71. The van der Waals surface area contributed by atoms with Gasteiger partial charge in [-0.1, -0.05) is 0 Å². The van der Waals surface area contributed by atoms with E-state index in [1.54, 1.807) is 28.2 Å². The number of nitriles is 1. The highest BCUT2D eigenvalue weighted by Gasteiger charge is 2.55. The molecular weight excluding hydrogens is 344 g/mol. The van der Waals surface area contributed by atoms with Crippen molar-refractivity contribution in [2.24, 2.45) is 5.92 Å². The van der Waals surface area contributed by atoms with Gasteiger partial charge < -0.3 is 4.90 Å². The number of likely N-dealkylation sites (tertiary alicyclic amines) is 1. The summed E-state index contributed by atoms with van der Waals surface area (Å²) in [5, 5.41) is 15.0. The second-order valence-corrected chi connectivity index (χ2v) is 7.53. The van der Waals surface area contributed by atoms with Crippen LogP contribution in [0.1, 0.15) is 12.8 Å². The fraction of sp³-hybridized carbons (Fsp3) is 0.316. The minimum Gasteiger partial charge on any atom is -0.338 e. The van der Waals surface area contributed by atoms with Crippen molar-refractivity contribution in [3.05, 3.63) is 34.9 Å². The normalized spacial score (nSPS) is 18.9. The van der Waals surface area contributed by atoms with Crippen molar-refractivity contribution in [1.29, 1.82) is 5.26 Å². The molecule has 2 aliphatic rings. The highest BCUT2D eigenvalue weighted by molar-refractivity contribution is 6.18. The molecular formula is C19H14N6O2. The summed E-state index contributed by atoms with van der Waals surface area (Å²) in [6.45, 7) is 0.979. The molecule has 0 bridgehead atoms. The third-order valence-corrected chi connectivity index (χ3v) is 5.97. The Balaban J connectivity index is 1.53. The molecule has 0 radical (unpaired) electrons. The average molecular weight is 358 g/mol. The molecule has 27 heavy (non-hydrogen) atoms. The van der Waals surface area contributed by atoms with E-state index in [1.165, 1.54) is 0 Å². The van der Waals surface area contributed by atoms with Crippen LogP contribution in [0.2, 0.25) is 0 Å². The van der Waals surface area contributed by atoms with Gasteiger partial charge in [0.15, 0.2) is 11.1 Å². The van der Waals surface area contributed by atoms with Crippen LogP contribution >= 0.6 is 0 Å². The Labute approximate surface area is 152 Å².